The minimum absolute atomic E-state index is 0. The van der Waals surface area contributed by atoms with Gasteiger partial charge in [-0.25, -0.2) is 0 Å². The van der Waals surface area contributed by atoms with Crippen molar-refractivity contribution < 1.29 is 34.5 Å². The average molecular weight is 341 g/mol. The molecular weight excluding hydrogens is 324 g/mol. The van der Waals surface area contributed by atoms with Gasteiger partial charge < -0.3 is 20.7 Å². The fraction of sp³-hybridized carbons (Fsp3) is 0.357. The fourth-order valence-corrected chi connectivity index (χ4v) is 1.65. The summed E-state index contributed by atoms with van der Waals surface area (Å²) in [5.41, 5.74) is 5.93. The van der Waals surface area contributed by atoms with E-state index in [1.807, 2.05) is 13.8 Å². The molecule has 7 heteroatoms. The number of nitrogens with two attached hydrogens (primary N) is 1. The Hall–Kier alpha value is -1.75. The van der Waals surface area contributed by atoms with Crippen LogP contribution in [0, 0.1) is 11.3 Å². The molecule has 0 saturated carbocycles. The van der Waals surface area contributed by atoms with Gasteiger partial charge in [-0.1, -0.05) is 26.0 Å². The number of aliphatic imine (C=N–C) groups is 1. The van der Waals surface area contributed by atoms with Crippen LogP contribution in [0.1, 0.15) is 31.4 Å². The van der Waals surface area contributed by atoms with Crippen molar-refractivity contribution in [3.8, 4) is 5.75 Å². The Bertz CT molecular complexity index is 544. The maximum atomic E-state index is 11.6. The van der Waals surface area contributed by atoms with Crippen LogP contribution >= 0.6 is 0 Å². The molecule has 1 aromatic rings. The molecule has 0 aliphatic rings. The molecule has 0 saturated heterocycles. The van der Waals surface area contributed by atoms with E-state index < -0.39 is 12.0 Å². The number of nitrogen functional groups attached to an aromatic ring is 1. The molecule has 0 spiro atoms. The molecule has 0 radical (unpaired) electrons. The first-order chi connectivity index (χ1) is 9.31. The predicted octanol–water partition coefficient (Wildman–Crippen LogP) is -0.375. The van der Waals surface area contributed by atoms with Gasteiger partial charge in [0.2, 0.25) is 0 Å². The second kappa shape index (κ2) is 8.52. The summed E-state index contributed by atoms with van der Waals surface area (Å²) >= 11 is 0. The number of carboxylic acid groups (broad SMARTS) is 1. The Morgan fingerprint density at radius 3 is 2.57 bits per heavy atom. The van der Waals surface area contributed by atoms with Gasteiger partial charge in [-0.15, -0.1) is 5.75 Å². The van der Waals surface area contributed by atoms with E-state index in [2.05, 4.69) is 4.99 Å². The molecule has 0 amide bonds. The maximum absolute atomic E-state index is 11.6. The number of amidine groups is 1. The number of carboxylic acids is 1. The topological polar surface area (TPSA) is 125 Å². The number of benzene rings is 1. The van der Waals surface area contributed by atoms with Gasteiger partial charge in [0, 0.05) is 11.8 Å². The number of carbonyl (C=O) groups is 1. The molecule has 108 valence electrons. The zero-order valence-corrected chi connectivity index (χ0v) is 15.1. The molecule has 0 bridgehead atoms. The number of carbonyl (C=O) groups excluding carboxylic acids is 1. The van der Waals surface area contributed by atoms with E-state index in [1.54, 1.807) is 0 Å². The third-order valence-corrected chi connectivity index (χ3v) is 2.68. The summed E-state index contributed by atoms with van der Waals surface area (Å²) in [7, 11) is 0. The number of nitrogens with one attached hydrogen (secondary N) is 1. The van der Waals surface area contributed by atoms with Gasteiger partial charge in [0.25, 0.3) is 0 Å². The van der Waals surface area contributed by atoms with Crippen LogP contribution in [0.4, 0.5) is 0 Å². The zero-order valence-electron chi connectivity index (χ0n) is 12.1. The van der Waals surface area contributed by atoms with E-state index in [4.69, 9.17) is 11.1 Å². The third-order valence-electron chi connectivity index (χ3n) is 2.68. The first kappa shape index (κ1) is 19.3. The van der Waals surface area contributed by atoms with Gasteiger partial charge >= 0.3 is 19.5 Å². The van der Waals surface area contributed by atoms with Crippen molar-refractivity contribution in [2.75, 3.05) is 0 Å². The standard InChI is InChI=1S/C14H19N3O3.Zn/c1-8(2)5-11(14(19)20)17-7-10-6-9(13(15)16)3-4-12(10)18;/h3-4,6-8,11,18H,5H2,1-2H3,(H3,15,16)(H,19,20);/q;+2/p-2/t11-;/m0./s1. The minimum Gasteiger partial charge on any atom is -0.872 e. The molecule has 1 rings (SSSR count). The summed E-state index contributed by atoms with van der Waals surface area (Å²) in [5, 5.41) is 29.9. The molecule has 0 unspecified atom stereocenters. The van der Waals surface area contributed by atoms with E-state index in [-0.39, 0.29) is 42.5 Å². The van der Waals surface area contributed by atoms with Crippen molar-refractivity contribution in [2.45, 2.75) is 26.3 Å². The van der Waals surface area contributed by atoms with Gasteiger partial charge in [0.05, 0.1) is 12.0 Å². The largest absolute Gasteiger partial charge is 2.00 e. The van der Waals surface area contributed by atoms with Gasteiger partial charge in [-0.05, 0) is 24.0 Å². The van der Waals surface area contributed by atoms with E-state index >= 15 is 0 Å². The van der Waals surface area contributed by atoms with Crippen molar-refractivity contribution in [2.24, 2.45) is 16.6 Å². The van der Waals surface area contributed by atoms with Crippen molar-refractivity contribution >= 4 is 18.0 Å². The molecule has 0 aromatic heterocycles. The normalized spacial score (nSPS) is 12.1. The summed E-state index contributed by atoms with van der Waals surface area (Å²) in [6.07, 6.45) is 1.54. The Balaban J connectivity index is 0.00000400. The first-order valence-corrected chi connectivity index (χ1v) is 6.20. The second-order valence-corrected chi connectivity index (χ2v) is 4.91. The van der Waals surface area contributed by atoms with Gasteiger partial charge in [0.15, 0.2) is 0 Å². The molecule has 1 atom stereocenters. The first-order valence-electron chi connectivity index (χ1n) is 6.20. The van der Waals surface area contributed by atoms with E-state index in [1.165, 1.54) is 24.4 Å². The Morgan fingerprint density at radius 2 is 2.10 bits per heavy atom. The second-order valence-electron chi connectivity index (χ2n) is 4.91. The van der Waals surface area contributed by atoms with Crippen molar-refractivity contribution in [3.05, 3.63) is 29.3 Å². The molecule has 0 aliphatic heterocycles. The maximum Gasteiger partial charge on any atom is 2.00 e. The summed E-state index contributed by atoms with van der Waals surface area (Å²) in [6, 6.07) is 3.13. The van der Waals surface area contributed by atoms with Crippen molar-refractivity contribution in [1.82, 2.24) is 0 Å². The number of aliphatic carboxylic acids is 1. The Kier molecular flexibility index (Phi) is 7.81. The van der Waals surface area contributed by atoms with E-state index in [0.717, 1.165) is 0 Å². The summed E-state index contributed by atoms with van der Waals surface area (Å²) in [6.45, 7) is 3.75. The SMILES string of the molecule is CC(C)C[C@H](N=Cc1cc(C(=N)N)ccc1[O-])C(=O)[O-].[Zn+2]. The van der Waals surface area contributed by atoms with Crippen LogP contribution in [-0.4, -0.2) is 24.1 Å². The quantitative estimate of drug-likeness (QED) is 0.416. The van der Waals surface area contributed by atoms with Crippen LogP contribution in [0.3, 0.4) is 0 Å². The number of hydrogen-bond acceptors (Lipinski definition) is 5. The van der Waals surface area contributed by atoms with Crippen LogP contribution in [-0.2, 0) is 24.3 Å². The van der Waals surface area contributed by atoms with Crippen LogP contribution in [0.5, 0.6) is 5.75 Å². The third kappa shape index (κ3) is 6.04. The molecule has 21 heavy (non-hydrogen) atoms. The number of rotatable bonds is 6. The minimum atomic E-state index is -1.27. The van der Waals surface area contributed by atoms with Crippen LogP contribution in [0.25, 0.3) is 0 Å². The molecule has 0 heterocycles. The summed E-state index contributed by atoms with van der Waals surface area (Å²) in [4.78, 5) is 14.9. The Morgan fingerprint density at radius 1 is 1.48 bits per heavy atom. The van der Waals surface area contributed by atoms with Gasteiger partial charge in [-0.2, -0.15) is 0 Å². The molecule has 6 nitrogen and oxygen atoms in total. The molecule has 0 aliphatic carbocycles. The van der Waals surface area contributed by atoms with Gasteiger partial charge in [0.1, 0.15) is 5.84 Å². The van der Waals surface area contributed by atoms with Crippen molar-refractivity contribution in [1.29, 1.82) is 5.41 Å². The fourth-order valence-electron chi connectivity index (χ4n) is 1.65. The van der Waals surface area contributed by atoms with Gasteiger partial charge in [-0.3, -0.25) is 10.4 Å². The van der Waals surface area contributed by atoms with Crippen molar-refractivity contribution in [3.63, 3.8) is 0 Å². The molecule has 3 N–H and O–H groups in total. The molecule has 1 aromatic carbocycles. The zero-order chi connectivity index (χ0) is 15.3. The predicted molar refractivity (Wildman–Crippen MR) is 72.7 cm³/mol. The number of hydrogen-bond donors (Lipinski definition) is 2. The summed E-state index contributed by atoms with van der Waals surface area (Å²) in [5.74, 6) is -1.60. The van der Waals surface area contributed by atoms with E-state index in [9.17, 15) is 15.0 Å². The number of nitrogens with zero attached hydrogens (tertiary/aromatic N) is 1. The molecule has 0 fully saturated rings. The summed E-state index contributed by atoms with van der Waals surface area (Å²) < 4.78 is 0. The van der Waals surface area contributed by atoms with E-state index in [0.29, 0.717) is 12.0 Å². The van der Waals surface area contributed by atoms with Crippen LogP contribution < -0.4 is 15.9 Å². The van der Waals surface area contributed by atoms with Crippen LogP contribution in [0.15, 0.2) is 23.2 Å². The monoisotopic (exact) mass is 339 g/mol. The molecular formula is C14H17N3O3Zn. The smallest absolute Gasteiger partial charge is 0.872 e. The van der Waals surface area contributed by atoms with Crippen LogP contribution in [0.2, 0.25) is 0 Å². The average Bonchev–Trinajstić information content (AvgIpc) is 2.35. The Labute approximate surface area is 136 Å².